The molecule has 0 spiro atoms. The van der Waals surface area contributed by atoms with Gasteiger partial charge >= 0.3 is 12.4 Å². The van der Waals surface area contributed by atoms with E-state index >= 15 is 0 Å². The van der Waals surface area contributed by atoms with Crippen LogP contribution in [0, 0.1) is 11.3 Å². The van der Waals surface area contributed by atoms with Crippen LogP contribution < -0.4 is 5.32 Å². The van der Waals surface area contributed by atoms with Crippen molar-refractivity contribution in [2.75, 3.05) is 16.8 Å². The number of benzene rings is 1. The van der Waals surface area contributed by atoms with Gasteiger partial charge in [0.15, 0.2) is 0 Å². The quantitative estimate of drug-likeness (QED) is 0.105. The summed E-state index contributed by atoms with van der Waals surface area (Å²) in [4.78, 5) is 12.4. The minimum atomic E-state index is -4.75. The Kier molecular flexibility index (Phi) is 15.3. The van der Waals surface area contributed by atoms with Crippen molar-refractivity contribution < 1.29 is 40.8 Å². The summed E-state index contributed by atoms with van der Waals surface area (Å²) in [6.07, 6.45) is -1.26. The Bertz CT molecular complexity index is 916. The lowest BCUT2D eigenvalue weighted by atomic mass is 9.96. The summed E-state index contributed by atoms with van der Waals surface area (Å²) in [5, 5.41) is 21.6. The maximum Gasteiger partial charge on any atom is 0.417 e. The first-order valence-electron chi connectivity index (χ1n) is 13.2. The molecule has 39 heavy (non-hydrogen) atoms. The normalized spacial score (nSPS) is 14.5. The van der Waals surface area contributed by atoms with Crippen molar-refractivity contribution in [2.45, 2.75) is 108 Å². The van der Waals surface area contributed by atoms with Crippen molar-refractivity contribution in [3.63, 3.8) is 0 Å². The molecule has 2 atom stereocenters. The van der Waals surface area contributed by atoms with Crippen LogP contribution in [-0.2, 0) is 22.1 Å². The predicted molar refractivity (Wildman–Crippen MR) is 139 cm³/mol. The monoisotopic (exact) mass is 584 g/mol. The number of halogens is 6. The number of anilines is 1. The molecule has 0 aliphatic heterocycles. The highest BCUT2D eigenvalue weighted by molar-refractivity contribution is 7.91. The van der Waals surface area contributed by atoms with E-state index in [2.05, 4.69) is 5.32 Å². The van der Waals surface area contributed by atoms with E-state index in [4.69, 9.17) is 5.26 Å². The SMILES string of the molecule is C[C@](O)(CCCCCCCCCCC[S+]([O-])CCCCC(F)(F)F)C(=O)Nc1ccc(C#N)c(C(F)(F)F)c1. The molecule has 0 saturated heterocycles. The van der Waals surface area contributed by atoms with Crippen molar-refractivity contribution >= 4 is 22.8 Å². The average molecular weight is 585 g/mol. The lowest BCUT2D eigenvalue weighted by Crippen LogP contribution is -2.40. The van der Waals surface area contributed by atoms with Gasteiger partial charge in [0.05, 0.1) is 17.2 Å². The summed E-state index contributed by atoms with van der Waals surface area (Å²) in [5.41, 5.74) is -3.63. The number of aliphatic hydroxyl groups is 1. The first-order chi connectivity index (χ1) is 18.2. The van der Waals surface area contributed by atoms with Crippen LogP contribution in [0.25, 0.3) is 0 Å². The molecule has 5 nitrogen and oxygen atoms in total. The van der Waals surface area contributed by atoms with E-state index in [-0.39, 0.29) is 18.5 Å². The van der Waals surface area contributed by atoms with Crippen molar-refractivity contribution in [2.24, 2.45) is 0 Å². The molecule has 222 valence electrons. The molecule has 1 rings (SSSR count). The Hall–Kier alpha value is -1.97. The van der Waals surface area contributed by atoms with Crippen LogP contribution in [0.4, 0.5) is 32.0 Å². The highest BCUT2D eigenvalue weighted by atomic mass is 32.2. The van der Waals surface area contributed by atoms with E-state index < -0.39 is 52.6 Å². The zero-order chi connectivity index (χ0) is 29.5. The van der Waals surface area contributed by atoms with Crippen LogP contribution in [0.15, 0.2) is 18.2 Å². The molecule has 1 unspecified atom stereocenters. The zero-order valence-corrected chi connectivity index (χ0v) is 23.0. The van der Waals surface area contributed by atoms with Crippen LogP contribution in [0.1, 0.15) is 102 Å². The van der Waals surface area contributed by atoms with E-state index in [1.54, 1.807) is 0 Å². The Morgan fingerprint density at radius 2 is 1.38 bits per heavy atom. The van der Waals surface area contributed by atoms with Gasteiger partial charge in [-0.05, 0) is 57.2 Å². The second kappa shape index (κ2) is 17.0. The maximum atomic E-state index is 13.1. The number of amides is 1. The molecule has 2 N–H and O–H groups in total. The third-order valence-corrected chi connectivity index (χ3v) is 7.80. The van der Waals surface area contributed by atoms with Crippen LogP contribution >= 0.6 is 0 Å². The topological polar surface area (TPSA) is 96.2 Å². The molecule has 12 heteroatoms. The average Bonchev–Trinajstić information content (AvgIpc) is 2.84. The Labute approximate surface area is 229 Å². The molecule has 0 aromatic heterocycles. The second-order valence-corrected chi connectivity index (χ2v) is 11.6. The van der Waals surface area contributed by atoms with Crippen molar-refractivity contribution in [3.05, 3.63) is 29.3 Å². The fourth-order valence-electron chi connectivity index (χ4n) is 3.99. The lowest BCUT2D eigenvalue weighted by Gasteiger charge is -2.22. The highest BCUT2D eigenvalue weighted by Crippen LogP contribution is 2.34. The molecule has 0 aliphatic carbocycles. The van der Waals surface area contributed by atoms with Crippen LogP contribution in [0.3, 0.4) is 0 Å². The Morgan fingerprint density at radius 3 is 1.90 bits per heavy atom. The minimum absolute atomic E-state index is 0.0186. The number of nitrogens with one attached hydrogen (secondary N) is 1. The summed E-state index contributed by atoms with van der Waals surface area (Å²) >= 11 is -1.06. The summed E-state index contributed by atoms with van der Waals surface area (Å²) in [6, 6.07) is 4.30. The zero-order valence-electron chi connectivity index (χ0n) is 22.2. The number of carbonyl (C=O) groups is 1. The minimum Gasteiger partial charge on any atom is -0.616 e. The van der Waals surface area contributed by atoms with Gasteiger partial charge in [-0.1, -0.05) is 56.1 Å². The Balaban J connectivity index is 2.15. The second-order valence-electron chi connectivity index (χ2n) is 9.95. The van der Waals surface area contributed by atoms with Crippen molar-refractivity contribution in [1.29, 1.82) is 5.26 Å². The van der Waals surface area contributed by atoms with Gasteiger partial charge in [-0.3, -0.25) is 4.79 Å². The van der Waals surface area contributed by atoms with Crippen molar-refractivity contribution in [3.8, 4) is 6.07 Å². The van der Waals surface area contributed by atoms with Gasteiger partial charge < -0.3 is 15.0 Å². The van der Waals surface area contributed by atoms with Crippen molar-refractivity contribution in [1.82, 2.24) is 0 Å². The number of unbranched alkanes of at least 4 members (excludes halogenated alkanes) is 9. The molecular weight excluding hydrogens is 546 g/mol. The first-order valence-corrected chi connectivity index (χ1v) is 14.7. The summed E-state index contributed by atoms with van der Waals surface area (Å²) in [5.74, 6) is 0.0235. The smallest absolute Gasteiger partial charge is 0.417 e. The number of hydrogen-bond acceptors (Lipinski definition) is 4. The fraction of sp³-hybridized carbons (Fsp3) is 0.704. The number of carbonyl (C=O) groups excluding carboxylic acids is 1. The van der Waals surface area contributed by atoms with Crippen LogP contribution in [0.5, 0.6) is 0 Å². The van der Waals surface area contributed by atoms with Gasteiger partial charge in [0.1, 0.15) is 17.1 Å². The van der Waals surface area contributed by atoms with E-state index in [0.717, 1.165) is 57.4 Å². The molecule has 0 saturated carbocycles. The van der Waals surface area contributed by atoms with E-state index in [0.29, 0.717) is 30.4 Å². The third-order valence-electron chi connectivity index (χ3n) is 6.31. The Morgan fingerprint density at radius 1 is 0.897 bits per heavy atom. The van der Waals surface area contributed by atoms with Gasteiger partial charge in [0.2, 0.25) is 0 Å². The predicted octanol–water partition coefficient (Wildman–Crippen LogP) is 7.65. The first kappa shape index (κ1) is 35.1. The van der Waals surface area contributed by atoms with E-state index in [9.17, 15) is 40.8 Å². The van der Waals surface area contributed by atoms with Crippen LogP contribution in [0.2, 0.25) is 0 Å². The molecule has 1 amide bonds. The van der Waals surface area contributed by atoms with Gasteiger partial charge in [-0.2, -0.15) is 31.6 Å². The fourth-order valence-corrected chi connectivity index (χ4v) is 5.25. The molecule has 1 aromatic carbocycles. The molecule has 0 bridgehead atoms. The summed E-state index contributed by atoms with van der Waals surface area (Å²) in [7, 11) is 0. The molecule has 0 radical (unpaired) electrons. The van der Waals surface area contributed by atoms with E-state index in [1.165, 1.54) is 19.1 Å². The van der Waals surface area contributed by atoms with Gasteiger partial charge in [0, 0.05) is 12.1 Å². The molecule has 0 fully saturated rings. The number of hydrogen-bond donors (Lipinski definition) is 2. The number of alkyl halides is 6. The van der Waals surface area contributed by atoms with Gasteiger partial charge in [-0.15, -0.1) is 0 Å². The highest BCUT2D eigenvalue weighted by Gasteiger charge is 2.35. The number of nitriles is 1. The lowest BCUT2D eigenvalue weighted by molar-refractivity contribution is -0.138. The largest absolute Gasteiger partial charge is 0.616 e. The number of nitrogens with zero attached hydrogens (tertiary/aromatic N) is 1. The molecular formula is C27H38F6N2O3S. The maximum absolute atomic E-state index is 13.1. The van der Waals surface area contributed by atoms with Gasteiger partial charge in [0.25, 0.3) is 5.91 Å². The molecule has 0 aliphatic rings. The van der Waals surface area contributed by atoms with Gasteiger partial charge in [-0.25, -0.2) is 0 Å². The summed E-state index contributed by atoms with van der Waals surface area (Å²) in [6.45, 7) is 1.31. The third kappa shape index (κ3) is 15.4. The molecule has 0 heterocycles. The van der Waals surface area contributed by atoms with Crippen LogP contribution in [-0.4, -0.2) is 38.8 Å². The number of rotatable bonds is 18. The molecule has 1 aromatic rings. The standard InChI is InChI=1S/C27H38F6N2O3S/c1-25(37,24(36)35-22-14-13-21(20-34)23(19-22)27(31,32)33)15-9-7-5-3-2-4-6-8-11-17-39(38)18-12-10-16-26(28,29)30/h13-14,19,37H,2-12,15-18H2,1H3,(H,35,36)/t25-,39?/m0/s1. The van der Waals surface area contributed by atoms with E-state index in [1.807, 2.05) is 0 Å². The summed E-state index contributed by atoms with van der Waals surface area (Å²) < 4.78 is 87.4.